The molecule has 4 nitrogen and oxygen atoms in total. The molecule has 1 amide bonds. The van der Waals surface area contributed by atoms with Gasteiger partial charge in [-0.1, -0.05) is 34.1 Å². The molecule has 0 fully saturated rings. The van der Waals surface area contributed by atoms with E-state index in [0.717, 1.165) is 47.3 Å². The fourth-order valence-electron chi connectivity index (χ4n) is 3.45. The van der Waals surface area contributed by atoms with E-state index >= 15 is 0 Å². The van der Waals surface area contributed by atoms with Gasteiger partial charge in [-0.15, -0.1) is 0 Å². The molecule has 2 aliphatic heterocycles. The number of rotatable bonds is 2. The molecule has 2 aromatic rings. The third-order valence-corrected chi connectivity index (χ3v) is 5.45. The van der Waals surface area contributed by atoms with Crippen LogP contribution in [0.2, 0.25) is 0 Å². The van der Waals surface area contributed by atoms with Gasteiger partial charge in [0.25, 0.3) is 0 Å². The van der Waals surface area contributed by atoms with E-state index in [1.54, 1.807) is 0 Å². The minimum absolute atomic E-state index is 0.117. The molecular weight excluding hydrogens is 382 g/mol. The predicted molar refractivity (Wildman–Crippen MR) is 101 cm³/mol. The molecule has 4 rings (SSSR count). The Morgan fingerprint density at radius 1 is 1.08 bits per heavy atom. The number of anilines is 1. The van der Waals surface area contributed by atoms with Gasteiger partial charge < -0.3 is 14.4 Å². The van der Waals surface area contributed by atoms with Crippen LogP contribution in [0.15, 0.2) is 40.9 Å². The van der Waals surface area contributed by atoms with Gasteiger partial charge in [-0.25, -0.2) is 0 Å². The van der Waals surface area contributed by atoms with Crippen LogP contribution >= 0.6 is 15.9 Å². The lowest BCUT2D eigenvalue weighted by Gasteiger charge is -2.24. The van der Waals surface area contributed by atoms with Crippen molar-refractivity contribution in [2.24, 2.45) is 0 Å². The van der Waals surface area contributed by atoms with E-state index in [-0.39, 0.29) is 5.91 Å². The van der Waals surface area contributed by atoms with E-state index in [2.05, 4.69) is 28.1 Å². The molecule has 0 bridgehead atoms. The summed E-state index contributed by atoms with van der Waals surface area (Å²) < 4.78 is 12.1. The van der Waals surface area contributed by atoms with E-state index in [9.17, 15) is 4.79 Å². The molecule has 0 saturated carbocycles. The van der Waals surface area contributed by atoms with Crippen molar-refractivity contribution in [1.82, 2.24) is 0 Å². The molecule has 5 heteroatoms. The van der Waals surface area contributed by atoms with Crippen LogP contribution in [0.5, 0.6) is 11.5 Å². The monoisotopic (exact) mass is 401 g/mol. The molecule has 0 spiro atoms. The van der Waals surface area contributed by atoms with E-state index < -0.39 is 0 Å². The first-order valence-corrected chi connectivity index (χ1v) is 9.48. The number of hydrogen-bond acceptors (Lipinski definition) is 3. The first-order chi connectivity index (χ1) is 12.2. The van der Waals surface area contributed by atoms with Crippen molar-refractivity contribution in [2.45, 2.75) is 25.7 Å². The van der Waals surface area contributed by atoms with Gasteiger partial charge in [0.15, 0.2) is 11.5 Å². The van der Waals surface area contributed by atoms with Crippen LogP contribution in [0, 0.1) is 0 Å². The SMILES string of the molecule is O=C(Cc1cc2c(cc1Br)OCCO2)N1CCCCc2ccccc21. The molecule has 2 aliphatic rings. The van der Waals surface area contributed by atoms with E-state index in [4.69, 9.17) is 9.47 Å². The second kappa shape index (κ2) is 7.08. The number of ether oxygens (including phenoxy) is 2. The normalized spacial score (nSPS) is 16.1. The number of halogens is 1. The molecule has 25 heavy (non-hydrogen) atoms. The lowest BCUT2D eigenvalue weighted by atomic mass is 10.1. The van der Waals surface area contributed by atoms with Gasteiger partial charge in [-0.05, 0) is 48.6 Å². The average molecular weight is 402 g/mol. The van der Waals surface area contributed by atoms with Crippen molar-refractivity contribution in [3.8, 4) is 11.5 Å². The Labute approximate surface area is 155 Å². The first-order valence-electron chi connectivity index (χ1n) is 8.68. The van der Waals surface area contributed by atoms with E-state index in [1.165, 1.54) is 5.56 Å². The van der Waals surface area contributed by atoms with Gasteiger partial charge in [0.05, 0.1) is 6.42 Å². The Morgan fingerprint density at radius 2 is 1.84 bits per heavy atom. The summed E-state index contributed by atoms with van der Waals surface area (Å²) in [6.45, 7) is 1.88. The first kappa shape index (κ1) is 16.5. The van der Waals surface area contributed by atoms with Crippen LogP contribution in [0.25, 0.3) is 0 Å². The quantitative estimate of drug-likeness (QED) is 0.758. The maximum absolute atomic E-state index is 13.0. The number of amides is 1. The second-order valence-corrected chi connectivity index (χ2v) is 7.25. The Bertz CT molecular complexity index is 806. The molecule has 0 atom stereocenters. The minimum atomic E-state index is 0.117. The number of hydrogen-bond donors (Lipinski definition) is 0. The summed E-state index contributed by atoms with van der Waals surface area (Å²) in [7, 11) is 0. The smallest absolute Gasteiger partial charge is 0.231 e. The number of fused-ring (bicyclic) bond motifs is 2. The molecule has 2 aromatic carbocycles. The molecule has 2 heterocycles. The highest BCUT2D eigenvalue weighted by Gasteiger charge is 2.23. The van der Waals surface area contributed by atoms with Gasteiger partial charge in [0.1, 0.15) is 13.2 Å². The number of para-hydroxylation sites is 1. The summed E-state index contributed by atoms with van der Waals surface area (Å²) in [6.07, 6.45) is 3.52. The van der Waals surface area contributed by atoms with Gasteiger partial charge in [-0.3, -0.25) is 4.79 Å². The summed E-state index contributed by atoms with van der Waals surface area (Å²) >= 11 is 3.57. The van der Waals surface area contributed by atoms with Crippen LogP contribution in [0.4, 0.5) is 5.69 Å². The highest BCUT2D eigenvalue weighted by Crippen LogP contribution is 2.36. The molecule has 0 saturated heterocycles. The molecule has 0 aromatic heterocycles. The number of benzene rings is 2. The zero-order chi connectivity index (χ0) is 17.2. The molecular formula is C20H20BrNO3. The average Bonchev–Trinajstić information content (AvgIpc) is 2.85. The third kappa shape index (κ3) is 3.38. The van der Waals surface area contributed by atoms with Gasteiger partial charge in [0, 0.05) is 16.7 Å². The highest BCUT2D eigenvalue weighted by atomic mass is 79.9. The lowest BCUT2D eigenvalue weighted by molar-refractivity contribution is -0.118. The summed E-state index contributed by atoms with van der Waals surface area (Å²) in [5, 5.41) is 0. The van der Waals surface area contributed by atoms with E-state index in [0.29, 0.717) is 25.4 Å². The summed E-state index contributed by atoms with van der Waals surface area (Å²) in [6, 6.07) is 12.0. The Balaban J connectivity index is 1.60. The maximum Gasteiger partial charge on any atom is 0.231 e. The molecule has 0 unspecified atom stereocenters. The van der Waals surface area contributed by atoms with Crippen molar-refractivity contribution in [3.63, 3.8) is 0 Å². The zero-order valence-corrected chi connectivity index (χ0v) is 15.5. The van der Waals surface area contributed by atoms with E-state index in [1.807, 2.05) is 29.2 Å². The van der Waals surface area contributed by atoms with Crippen LogP contribution in [-0.4, -0.2) is 25.7 Å². The van der Waals surface area contributed by atoms with Crippen molar-refractivity contribution < 1.29 is 14.3 Å². The Hall–Kier alpha value is -2.01. The standard InChI is InChI=1S/C20H20BrNO3/c21-16-13-19-18(24-9-10-25-19)11-15(16)12-20(23)22-8-4-3-6-14-5-1-2-7-17(14)22/h1-2,5,7,11,13H,3-4,6,8-10,12H2. The van der Waals surface area contributed by atoms with Crippen molar-refractivity contribution >= 4 is 27.5 Å². The predicted octanol–water partition coefficient (Wildman–Crippen LogP) is 4.13. The van der Waals surface area contributed by atoms with Crippen LogP contribution in [0.3, 0.4) is 0 Å². The number of aryl methyl sites for hydroxylation is 1. The van der Waals surface area contributed by atoms with Crippen LogP contribution in [0.1, 0.15) is 24.0 Å². The topological polar surface area (TPSA) is 38.8 Å². The van der Waals surface area contributed by atoms with Gasteiger partial charge >= 0.3 is 0 Å². The summed E-state index contributed by atoms with van der Waals surface area (Å²) in [5.41, 5.74) is 3.24. The van der Waals surface area contributed by atoms with Gasteiger partial charge in [-0.2, -0.15) is 0 Å². The van der Waals surface area contributed by atoms with Crippen molar-refractivity contribution in [3.05, 3.63) is 52.0 Å². The second-order valence-electron chi connectivity index (χ2n) is 6.40. The largest absolute Gasteiger partial charge is 0.486 e. The minimum Gasteiger partial charge on any atom is -0.486 e. The van der Waals surface area contributed by atoms with Crippen LogP contribution in [-0.2, 0) is 17.6 Å². The highest BCUT2D eigenvalue weighted by molar-refractivity contribution is 9.10. The lowest BCUT2D eigenvalue weighted by Crippen LogP contribution is -2.33. The number of carbonyl (C=O) groups is 1. The third-order valence-electron chi connectivity index (χ3n) is 4.71. The van der Waals surface area contributed by atoms with Gasteiger partial charge in [0.2, 0.25) is 5.91 Å². The number of carbonyl (C=O) groups excluding carboxylic acids is 1. The molecule has 0 aliphatic carbocycles. The summed E-state index contributed by atoms with van der Waals surface area (Å²) in [5.74, 6) is 1.56. The van der Waals surface area contributed by atoms with Crippen molar-refractivity contribution in [2.75, 3.05) is 24.7 Å². The fourth-order valence-corrected chi connectivity index (χ4v) is 3.91. The zero-order valence-electron chi connectivity index (χ0n) is 14.0. The summed E-state index contributed by atoms with van der Waals surface area (Å²) in [4.78, 5) is 15.0. The fraction of sp³-hybridized carbons (Fsp3) is 0.350. The van der Waals surface area contributed by atoms with Crippen LogP contribution < -0.4 is 14.4 Å². The molecule has 130 valence electrons. The number of nitrogens with zero attached hydrogens (tertiary/aromatic N) is 1. The molecule has 0 radical (unpaired) electrons. The molecule has 0 N–H and O–H groups in total. The Kier molecular flexibility index (Phi) is 4.66. The maximum atomic E-state index is 13.0. The van der Waals surface area contributed by atoms with Crippen molar-refractivity contribution in [1.29, 1.82) is 0 Å². The Morgan fingerprint density at radius 3 is 2.68 bits per heavy atom.